The molecule has 0 spiro atoms. The molecule has 9 heteroatoms. The molecule has 0 fully saturated rings. The maximum Gasteiger partial charge on any atom is 0.325 e. The van der Waals surface area contributed by atoms with E-state index in [1.54, 1.807) is 6.92 Å². The summed E-state index contributed by atoms with van der Waals surface area (Å²) in [7, 11) is -2.17. The number of rotatable bonds is 8. The van der Waals surface area contributed by atoms with Gasteiger partial charge in [-0.15, -0.1) is 0 Å². The Morgan fingerprint density at radius 1 is 1.58 bits per heavy atom. The Kier molecular flexibility index (Phi) is 5.45. The highest BCUT2D eigenvalue weighted by atomic mass is 32.2. The van der Waals surface area contributed by atoms with Crippen molar-refractivity contribution >= 4 is 16.0 Å². The fraction of sp³-hybridized carbons (Fsp3) is 0.600. The third-order valence-electron chi connectivity index (χ3n) is 2.44. The van der Waals surface area contributed by atoms with Gasteiger partial charge >= 0.3 is 5.97 Å². The van der Waals surface area contributed by atoms with Crippen molar-refractivity contribution in [2.75, 3.05) is 26.8 Å². The number of nitrogens with zero attached hydrogens (tertiary/aromatic N) is 3. The van der Waals surface area contributed by atoms with E-state index in [0.717, 1.165) is 10.9 Å². The quantitative estimate of drug-likeness (QED) is 0.701. The fourth-order valence-electron chi connectivity index (χ4n) is 1.49. The molecule has 1 rings (SSSR count). The van der Waals surface area contributed by atoms with Gasteiger partial charge in [-0.1, -0.05) is 6.92 Å². The lowest BCUT2D eigenvalue weighted by Crippen LogP contribution is -2.33. The molecule has 0 amide bonds. The van der Waals surface area contributed by atoms with Crippen molar-refractivity contribution in [1.82, 2.24) is 14.1 Å². The molecule has 0 saturated heterocycles. The minimum Gasteiger partial charge on any atom is -0.480 e. The smallest absolute Gasteiger partial charge is 0.325 e. The van der Waals surface area contributed by atoms with E-state index in [2.05, 4.69) is 5.10 Å². The van der Waals surface area contributed by atoms with Crippen LogP contribution in [-0.4, -0.2) is 60.4 Å². The molecule has 1 N–H and O–H groups in total. The summed E-state index contributed by atoms with van der Waals surface area (Å²) >= 11 is 0. The average Bonchev–Trinajstić information content (AvgIpc) is 2.78. The molecule has 19 heavy (non-hydrogen) atoms. The molecule has 0 aliphatic rings. The molecule has 108 valence electrons. The summed E-state index contributed by atoms with van der Waals surface area (Å²) in [6.45, 7) is 2.17. The molecule has 0 unspecified atom stereocenters. The van der Waals surface area contributed by atoms with Crippen molar-refractivity contribution in [3.63, 3.8) is 0 Å². The van der Waals surface area contributed by atoms with E-state index in [1.807, 2.05) is 0 Å². The summed E-state index contributed by atoms with van der Waals surface area (Å²) in [6.07, 6.45) is 2.35. The molecule has 0 aromatic carbocycles. The molecule has 1 aromatic heterocycles. The number of aliphatic carboxylic acids is 1. The summed E-state index contributed by atoms with van der Waals surface area (Å²) in [5, 5.41) is 12.3. The Morgan fingerprint density at radius 3 is 2.79 bits per heavy atom. The SMILES string of the molecule is CCN(CCOC)S(=O)(=O)c1cnn(CC(=O)O)c1. The van der Waals surface area contributed by atoms with E-state index in [4.69, 9.17) is 9.84 Å². The Hall–Kier alpha value is -1.45. The lowest BCUT2D eigenvalue weighted by atomic mass is 10.6. The van der Waals surface area contributed by atoms with Gasteiger partial charge in [0.2, 0.25) is 10.0 Å². The molecule has 0 saturated carbocycles. The van der Waals surface area contributed by atoms with Crippen LogP contribution in [0.3, 0.4) is 0 Å². The summed E-state index contributed by atoms with van der Waals surface area (Å²) in [5.74, 6) is -1.08. The predicted molar refractivity (Wildman–Crippen MR) is 66.2 cm³/mol. The van der Waals surface area contributed by atoms with Crippen molar-refractivity contribution in [3.8, 4) is 0 Å². The third kappa shape index (κ3) is 4.01. The maximum absolute atomic E-state index is 12.2. The minimum atomic E-state index is -3.66. The highest BCUT2D eigenvalue weighted by Gasteiger charge is 2.24. The van der Waals surface area contributed by atoms with Gasteiger partial charge in [-0.3, -0.25) is 9.48 Å². The number of hydrogen-bond acceptors (Lipinski definition) is 5. The number of ether oxygens (including phenoxy) is 1. The Morgan fingerprint density at radius 2 is 2.26 bits per heavy atom. The standard InChI is InChI=1S/C10H17N3O5S/c1-3-13(4-5-18-2)19(16,17)9-6-11-12(7-9)8-10(14)15/h6-7H,3-5,8H2,1-2H3,(H,14,15). The third-order valence-corrected chi connectivity index (χ3v) is 4.37. The van der Waals surface area contributed by atoms with Crippen LogP contribution in [0.25, 0.3) is 0 Å². The molecule has 1 heterocycles. The fourth-order valence-corrected chi connectivity index (χ4v) is 2.88. The number of carbonyl (C=O) groups is 1. The lowest BCUT2D eigenvalue weighted by Gasteiger charge is -2.18. The number of hydrogen-bond donors (Lipinski definition) is 1. The van der Waals surface area contributed by atoms with Crippen LogP contribution < -0.4 is 0 Å². The van der Waals surface area contributed by atoms with Gasteiger partial charge in [-0.2, -0.15) is 9.40 Å². The van der Waals surface area contributed by atoms with Crippen LogP contribution in [-0.2, 0) is 26.1 Å². The summed E-state index contributed by atoms with van der Waals surface area (Å²) in [6, 6.07) is 0. The van der Waals surface area contributed by atoms with Gasteiger partial charge < -0.3 is 9.84 Å². The average molecular weight is 291 g/mol. The van der Waals surface area contributed by atoms with Gasteiger partial charge in [0, 0.05) is 26.4 Å². The van der Waals surface area contributed by atoms with E-state index in [9.17, 15) is 13.2 Å². The Bertz CT molecular complexity index is 525. The molecule has 1 aromatic rings. The summed E-state index contributed by atoms with van der Waals surface area (Å²) < 4.78 is 31.7. The minimum absolute atomic E-state index is 0.0216. The van der Waals surface area contributed by atoms with Crippen molar-refractivity contribution < 1.29 is 23.1 Å². The van der Waals surface area contributed by atoms with Gasteiger partial charge in [0.15, 0.2) is 0 Å². The number of aromatic nitrogens is 2. The highest BCUT2D eigenvalue weighted by molar-refractivity contribution is 7.89. The predicted octanol–water partition coefficient (Wildman–Crippen LogP) is -0.375. The first-order valence-electron chi connectivity index (χ1n) is 5.65. The van der Waals surface area contributed by atoms with Crippen LogP contribution in [0.1, 0.15) is 6.92 Å². The van der Waals surface area contributed by atoms with Gasteiger partial charge in [0.05, 0.1) is 12.8 Å². The van der Waals surface area contributed by atoms with Crippen molar-refractivity contribution in [3.05, 3.63) is 12.4 Å². The maximum atomic E-state index is 12.2. The van der Waals surface area contributed by atoms with E-state index in [1.165, 1.54) is 17.6 Å². The number of carboxylic acids is 1. The van der Waals surface area contributed by atoms with Crippen LogP contribution in [0.5, 0.6) is 0 Å². The number of methoxy groups -OCH3 is 1. The molecular weight excluding hydrogens is 274 g/mol. The Labute approximate surface area is 111 Å². The molecule has 0 aliphatic heterocycles. The van der Waals surface area contributed by atoms with Crippen molar-refractivity contribution in [2.24, 2.45) is 0 Å². The van der Waals surface area contributed by atoms with E-state index >= 15 is 0 Å². The molecule has 0 radical (unpaired) electrons. The van der Waals surface area contributed by atoms with E-state index in [0.29, 0.717) is 6.54 Å². The second-order valence-electron chi connectivity index (χ2n) is 3.76. The van der Waals surface area contributed by atoms with Crippen LogP contribution in [0.2, 0.25) is 0 Å². The van der Waals surface area contributed by atoms with Crippen LogP contribution in [0, 0.1) is 0 Å². The van der Waals surface area contributed by atoms with Crippen molar-refractivity contribution in [1.29, 1.82) is 0 Å². The monoisotopic (exact) mass is 291 g/mol. The number of sulfonamides is 1. The van der Waals surface area contributed by atoms with Crippen LogP contribution >= 0.6 is 0 Å². The molecule has 0 aliphatic carbocycles. The van der Waals surface area contributed by atoms with Crippen LogP contribution in [0.15, 0.2) is 17.3 Å². The van der Waals surface area contributed by atoms with Gasteiger partial charge in [0.25, 0.3) is 0 Å². The zero-order valence-electron chi connectivity index (χ0n) is 10.8. The van der Waals surface area contributed by atoms with Gasteiger partial charge in [-0.05, 0) is 0 Å². The molecule has 0 bridgehead atoms. The summed E-state index contributed by atoms with van der Waals surface area (Å²) in [4.78, 5) is 10.5. The van der Waals surface area contributed by atoms with E-state index < -0.39 is 16.0 Å². The summed E-state index contributed by atoms with van der Waals surface area (Å²) in [5.41, 5.74) is 0. The first-order chi connectivity index (χ1) is 8.91. The van der Waals surface area contributed by atoms with Gasteiger partial charge in [0.1, 0.15) is 11.4 Å². The van der Waals surface area contributed by atoms with Gasteiger partial charge in [-0.25, -0.2) is 8.42 Å². The zero-order chi connectivity index (χ0) is 14.5. The largest absolute Gasteiger partial charge is 0.480 e. The normalized spacial score (nSPS) is 11.9. The Balaban J connectivity index is 2.91. The molecule has 8 nitrogen and oxygen atoms in total. The zero-order valence-corrected chi connectivity index (χ0v) is 11.6. The highest BCUT2D eigenvalue weighted by Crippen LogP contribution is 2.14. The van der Waals surface area contributed by atoms with E-state index in [-0.39, 0.29) is 24.6 Å². The number of carboxylic acid groups (broad SMARTS) is 1. The van der Waals surface area contributed by atoms with Crippen LogP contribution in [0.4, 0.5) is 0 Å². The second kappa shape index (κ2) is 6.64. The lowest BCUT2D eigenvalue weighted by molar-refractivity contribution is -0.137. The second-order valence-corrected chi connectivity index (χ2v) is 5.69. The first kappa shape index (κ1) is 15.6. The molecule has 0 atom stereocenters. The first-order valence-corrected chi connectivity index (χ1v) is 7.09. The molecular formula is C10H17N3O5S. The number of likely N-dealkylation sites (N-methyl/N-ethyl adjacent to an activating group) is 1. The topological polar surface area (TPSA) is 102 Å². The van der Waals surface area contributed by atoms with Crippen molar-refractivity contribution in [2.45, 2.75) is 18.4 Å².